The van der Waals surface area contributed by atoms with E-state index in [2.05, 4.69) is 38.8 Å². The largest absolute Gasteiger partial charge is 0.439 e. The monoisotopic (exact) mass is 526 g/mol. The molecule has 206 valence electrons. The maximum atomic E-state index is 14.2. The average Bonchev–Trinajstić information content (AvgIpc) is 3.48. The molecule has 38 heavy (non-hydrogen) atoms. The van der Waals surface area contributed by atoms with Crippen LogP contribution in [0.4, 0.5) is 16.2 Å². The van der Waals surface area contributed by atoms with Crippen molar-refractivity contribution in [2.75, 3.05) is 23.4 Å². The fourth-order valence-electron chi connectivity index (χ4n) is 6.42. The lowest BCUT2D eigenvalue weighted by Crippen LogP contribution is -2.42. The summed E-state index contributed by atoms with van der Waals surface area (Å²) in [4.78, 5) is 31.0. The van der Waals surface area contributed by atoms with E-state index in [1.807, 2.05) is 0 Å². The molecule has 10 nitrogen and oxygen atoms in total. The van der Waals surface area contributed by atoms with Crippen molar-refractivity contribution in [3.8, 4) is 11.6 Å². The lowest BCUT2D eigenvalue weighted by atomic mass is 9.80. The van der Waals surface area contributed by atoms with Gasteiger partial charge >= 0.3 is 5.76 Å². The van der Waals surface area contributed by atoms with Crippen molar-refractivity contribution >= 4 is 22.9 Å². The Labute approximate surface area is 221 Å². The van der Waals surface area contributed by atoms with Gasteiger partial charge < -0.3 is 14.8 Å². The van der Waals surface area contributed by atoms with Crippen molar-refractivity contribution in [3.05, 3.63) is 10.6 Å². The van der Waals surface area contributed by atoms with Crippen LogP contribution in [0.1, 0.15) is 78.1 Å². The summed E-state index contributed by atoms with van der Waals surface area (Å²) in [5.74, 6) is 3.12. The number of nitrogens with one attached hydrogen (secondary N) is 2. The molecule has 1 unspecified atom stereocenters. The van der Waals surface area contributed by atoms with E-state index in [-0.39, 0.29) is 23.7 Å². The number of fused-ring (bicyclic) bond motifs is 1. The summed E-state index contributed by atoms with van der Waals surface area (Å²) in [6, 6.07) is 0.0392. The van der Waals surface area contributed by atoms with Crippen LogP contribution in [-0.4, -0.2) is 55.0 Å². The molecule has 3 aromatic rings. The zero-order chi connectivity index (χ0) is 26.2. The Morgan fingerprint density at radius 2 is 1.89 bits per heavy atom. The van der Waals surface area contributed by atoms with Gasteiger partial charge in [-0.25, -0.2) is 19.2 Å². The number of imidazole rings is 1. The van der Waals surface area contributed by atoms with Gasteiger partial charge in [0.1, 0.15) is 12.2 Å². The highest BCUT2D eigenvalue weighted by molar-refractivity contribution is 5.87. The van der Waals surface area contributed by atoms with E-state index in [4.69, 9.17) is 19.5 Å². The van der Waals surface area contributed by atoms with Crippen LogP contribution in [-0.2, 0) is 6.54 Å². The maximum Gasteiger partial charge on any atom is 0.439 e. The first-order valence-electron chi connectivity index (χ1n) is 14.4. The second kappa shape index (κ2) is 10.6. The van der Waals surface area contributed by atoms with E-state index in [9.17, 15) is 9.18 Å². The van der Waals surface area contributed by atoms with Gasteiger partial charge in [0.05, 0.1) is 6.04 Å². The van der Waals surface area contributed by atoms with Crippen molar-refractivity contribution < 1.29 is 8.91 Å². The molecule has 1 aliphatic heterocycles. The molecule has 2 N–H and O–H groups in total. The summed E-state index contributed by atoms with van der Waals surface area (Å²) in [6.45, 7) is 5.72. The van der Waals surface area contributed by atoms with Gasteiger partial charge in [-0.3, -0.25) is 9.51 Å². The van der Waals surface area contributed by atoms with Crippen molar-refractivity contribution in [1.29, 1.82) is 0 Å². The first-order valence-corrected chi connectivity index (χ1v) is 14.4. The fourth-order valence-corrected chi connectivity index (χ4v) is 6.42. The van der Waals surface area contributed by atoms with Gasteiger partial charge in [0.25, 0.3) is 0 Å². The SMILES string of the molecule is CC1CCC(Cn2c(N3CCCCC3CF)nc3nc(-c4noc(=O)[nH]4)nc(N[C@H](C)C4CCC4)c32)CC1. The molecule has 3 aromatic heterocycles. The molecule has 1 saturated heterocycles. The smallest absolute Gasteiger partial charge is 0.365 e. The van der Waals surface area contributed by atoms with Crippen molar-refractivity contribution in [1.82, 2.24) is 29.7 Å². The zero-order valence-corrected chi connectivity index (χ0v) is 22.5. The Bertz CT molecular complexity index is 1310. The molecule has 0 bridgehead atoms. The van der Waals surface area contributed by atoms with E-state index >= 15 is 0 Å². The molecule has 2 aliphatic carbocycles. The highest BCUT2D eigenvalue weighted by Crippen LogP contribution is 2.37. The van der Waals surface area contributed by atoms with E-state index in [1.165, 1.54) is 44.9 Å². The second-order valence-corrected chi connectivity index (χ2v) is 11.8. The first-order chi connectivity index (χ1) is 18.5. The lowest BCUT2D eigenvalue weighted by Gasteiger charge is -2.36. The third-order valence-corrected chi connectivity index (χ3v) is 9.09. The number of hydrogen-bond donors (Lipinski definition) is 2. The molecular formula is C27H39FN8O2. The molecule has 2 atom stereocenters. The van der Waals surface area contributed by atoms with Crippen LogP contribution in [0.5, 0.6) is 0 Å². The molecule has 11 heteroatoms. The predicted molar refractivity (Wildman–Crippen MR) is 144 cm³/mol. The minimum absolute atomic E-state index is 0.174. The van der Waals surface area contributed by atoms with Crippen LogP contribution in [0.25, 0.3) is 22.8 Å². The molecule has 2 saturated carbocycles. The minimum Gasteiger partial charge on any atom is -0.365 e. The summed E-state index contributed by atoms with van der Waals surface area (Å²) < 4.78 is 21.2. The summed E-state index contributed by atoms with van der Waals surface area (Å²) >= 11 is 0. The van der Waals surface area contributed by atoms with Gasteiger partial charge in [-0.2, -0.15) is 4.98 Å². The van der Waals surface area contributed by atoms with Gasteiger partial charge in [0.2, 0.25) is 17.6 Å². The van der Waals surface area contributed by atoms with Gasteiger partial charge in [0, 0.05) is 19.1 Å². The Kier molecular flexibility index (Phi) is 7.09. The highest BCUT2D eigenvalue weighted by atomic mass is 19.1. The van der Waals surface area contributed by atoms with Crippen molar-refractivity contribution in [3.63, 3.8) is 0 Å². The number of rotatable bonds is 8. The van der Waals surface area contributed by atoms with Crippen molar-refractivity contribution in [2.45, 2.75) is 96.7 Å². The Balaban J connectivity index is 1.49. The summed E-state index contributed by atoms with van der Waals surface area (Å²) in [7, 11) is 0. The van der Waals surface area contributed by atoms with E-state index in [0.29, 0.717) is 23.3 Å². The van der Waals surface area contributed by atoms with Crippen LogP contribution < -0.4 is 16.0 Å². The Morgan fingerprint density at radius 3 is 2.58 bits per heavy atom. The van der Waals surface area contributed by atoms with E-state index in [1.54, 1.807) is 0 Å². The Morgan fingerprint density at radius 1 is 1.08 bits per heavy atom. The number of alkyl halides is 1. The van der Waals surface area contributed by atoms with Crippen LogP contribution >= 0.6 is 0 Å². The normalized spacial score (nSPS) is 25.4. The topological polar surface area (TPSA) is 118 Å². The number of piperidine rings is 1. The number of nitrogens with zero attached hydrogens (tertiary/aromatic N) is 6. The van der Waals surface area contributed by atoms with Crippen LogP contribution in [0.3, 0.4) is 0 Å². The fraction of sp³-hybridized carbons (Fsp3) is 0.741. The number of hydrogen-bond acceptors (Lipinski definition) is 8. The zero-order valence-electron chi connectivity index (χ0n) is 22.5. The molecule has 4 heterocycles. The van der Waals surface area contributed by atoms with Crippen LogP contribution in [0, 0.1) is 17.8 Å². The van der Waals surface area contributed by atoms with Gasteiger partial charge in [-0.1, -0.05) is 31.3 Å². The predicted octanol–water partition coefficient (Wildman–Crippen LogP) is 4.92. The molecular weight excluding hydrogens is 487 g/mol. The molecule has 0 amide bonds. The summed E-state index contributed by atoms with van der Waals surface area (Å²) in [5, 5.41) is 7.51. The number of anilines is 2. The van der Waals surface area contributed by atoms with Gasteiger partial charge in [0.15, 0.2) is 11.5 Å². The first kappa shape index (κ1) is 25.3. The number of aromatic nitrogens is 6. The van der Waals surface area contributed by atoms with Gasteiger partial charge in [-0.15, -0.1) is 0 Å². The van der Waals surface area contributed by atoms with Crippen LogP contribution in [0.15, 0.2) is 9.32 Å². The number of H-pyrrole nitrogens is 1. The highest BCUT2D eigenvalue weighted by Gasteiger charge is 2.32. The molecule has 0 aromatic carbocycles. The van der Waals surface area contributed by atoms with E-state index in [0.717, 1.165) is 49.7 Å². The molecule has 3 aliphatic rings. The van der Waals surface area contributed by atoms with E-state index < -0.39 is 12.4 Å². The van der Waals surface area contributed by atoms with Crippen molar-refractivity contribution in [2.24, 2.45) is 17.8 Å². The molecule has 6 rings (SSSR count). The van der Waals surface area contributed by atoms with Gasteiger partial charge in [-0.05, 0) is 69.6 Å². The standard InChI is InChI=1S/C27H39FN8O2/c1-16-9-11-18(12-10-16)15-36-21-22(29-17(2)19-6-5-7-19)30-24(25-33-27(37)38-34-25)31-23(21)32-26(36)35-13-4-3-8-20(35)14-28/h16-20H,3-15H2,1-2H3,(H,29,30,31)(H,33,34,37)/t16?,17-,18?,20?/m1/s1. The number of aromatic amines is 1. The third kappa shape index (κ3) is 4.91. The average molecular weight is 527 g/mol. The minimum atomic E-state index is -0.655. The number of halogens is 1. The second-order valence-electron chi connectivity index (χ2n) is 11.8. The lowest BCUT2D eigenvalue weighted by molar-refractivity contribution is 0.265. The summed E-state index contributed by atoms with van der Waals surface area (Å²) in [5.41, 5.74) is 1.38. The summed E-state index contributed by atoms with van der Waals surface area (Å²) in [6.07, 6.45) is 11.3. The molecule has 0 radical (unpaired) electrons. The van der Waals surface area contributed by atoms with Crippen LogP contribution in [0.2, 0.25) is 0 Å². The molecule has 0 spiro atoms. The maximum absolute atomic E-state index is 14.2. The molecule has 3 fully saturated rings. The Hall–Kier alpha value is -2.98. The third-order valence-electron chi connectivity index (χ3n) is 9.09. The quantitative estimate of drug-likeness (QED) is 0.424.